The van der Waals surface area contributed by atoms with E-state index in [1.807, 2.05) is 30.5 Å². The lowest BCUT2D eigenvalue weighted by molar-refractivity contribution is -0.258. The van der Waals surface area contributed by atoms with Gasteiger partial charge in [0.15, 0.2) is 0 Å². The minimum atomic E-state index is -1.49. The van der Waals surface area contributed by atoms with Crippen molar-refractivity contribution in [3.05, 3.63) is 63.6 Å². The summed E-state index contributed by atoms with van der Waals surface area (Å²) < 4.78 is 31.5. The van der Waals surface area contributed by atoms with Crippen LogP contribution in [0.15, 0.2) is 47.4 Å². The van der Waals surface area contributed by atoms with Gasteiger partial charge in [-0.25, -0.2) is 4.39 Å². The number of fused-ring (bicyclic) bond motifs is 1. The number of hydrogen-bond donors (Lipinski definition) is 0. The molecule has 6 heteroatoms. The van der Waals surface area contributed by atoms with Crippen molar-refractivity contribution in [3.8, 4) is 5.75 Å². The first-order chi connectivity index (χ1) is 11.5. The average Bonchev–Trinajstić information content (AvgIpc) is 3.22. The zero-order chi connectivity index (χ0) is 16.9. The summed E-state index contributed by atoms with van der Waals surface area (Å²) in [5.41, 5.74) is -0.412. The molecule has 1 aromatic carbocycles. The van der Waals surface area contributed by atoms with Gasteiger partial charge in [0.1, 0.15) is 11.6 Å². The molecule has 2 atom stereocenters. The van der Waals surface area contributed by atoms with Crippen molar-refractivity contribution in [2.45, 2.75) is 18.3 Å². The molecule has 0 N–H and O–H groups in total. The SMILES string of the molecule is COC1(c2cccs2)Oc2cc(F)ccc2C(=O)C12OCC=C2C. The fourth-order valence-corrected chi connectivity index (χ4v) is 4.34. The van der Waals surface area contributed by atoms with E-state index in [1.54, 1.807) is 0 Å². The Morgan fingerprint density at radius 3 is 2.79 bits per heavy atom. The molecule has 4 rings (SSSR count). The Kier molecular flexibility index (Phi) is 3.38. The van der Waals surface area contributed by atoms with Crippen LogP contribution in [0.2, 0.25) is 0 Å². The smallest absolute Gasteiger partial charge is 0.287 e. The van der Waals surface area contributed by atoms with Gasteiger partial charge in [0.25, 0.3) is 5.79 Å². The van der Waals surface area contributed by atoms with Crippen LogP contribution in [-0.4, -0.2) is 25.1 Å². The number of carbonyl (C=O) groups is 1. The van der Waals surface area contributed by atoms with E-state index in [0.29, 0.717) is 4.88 Å². The maximum atomic E-state index is 13.7. The molecule has 24 heavy (non-hydrogen) atoms. The van der Waals surface area contributed by atoms with Crippen LogP contribution in [0.5, 0.6) is 5.75 Å². The number of ketones is 1. The van der Waals surface area contributed by atoms with E-state index < -0.39 is 17.2 Å². The fourth-order valence-electron chi connectivity index (χ4n) is 3.46. The molecule has 0 saturated carbocycles. The third-order valence-corrected chi connectivity index (χ3v) is 5.55. The van der Waals surface area contributed by atoms with Crippen LogP contribution in [0.4, 0.5) is 4.39 Å². The normalized spacial score (nSPS) is 28.6. The van der Waals surface area contributed by atoms with Crippen molar-refractivity contribution < 1.29 is 23.4 Å². The topological polar surface area (TPSA) is 44.8 Å². The summed E-state index contributed by atoms with van der Waals surface area (Å²) in [5.74, 6) is -2.10. The highest BCUT2D eigenvalue weighted by atomic mass is 32.1. The van der Waals surface area contributed by atoms with E-state index in [1.165, 1.54) is 36.6 Å². The van der Waals surface area contributed by atoms with Gasteiger partial charge in [-0.1, -0.05) is 12.1 Å². The van der Waals surface area contributed by atoms with Gasteiger partial charge in [-0.2, -0.15) is 0 Å². The Balaban J connectivity index is 2.04. The van der Waals surface area contributed by atoms with E-state index in [2.05, 4.69) is 0 Å². The van der Waals surface area contributed by atoms with Crippen LogP contribution >= 0.6 is 11.3 Å². The number of thiophene rings is 1. The summed E-state index contributed by atoms with van der Waals surface area (Å²) in [4.78, 5) is 14.1. The first-order valence-corrected chi connectivity index (χ1v) is 8.37. The molecule has 1 aromatic heterocycles. The molecule has 1 spiro atoms. The number of halogens is 1. The van der Waals surface area contributed by atoms with E-state index in [-0.39, 0.29) is 23.7 Å². The second kappa shape index (κ2) is 5.24. The lowest BCUT2D eigenvalue weighted by Gasteiger charge is -2.48. The van der Waals surface area contributed by atoms with Gasteiger partial charge in [0.2, 0.25) is 11.4 Å². The third kappa shape index (κ3) is 1.76. The molecular formula is C18H15FO4S. The molecule has 0 radical (unpaired) electrons. The quantitative estimate of drug-likeness (QED) is 0.778. The summed E-state index contributed by atoms with van der Waals surface area (Å²) in [6, 6.07) is 7.54. The van der Waals surface area contributed by atoms with Crippen molar-refractivity contribution in [2.75, 3.05) is 13.7 Å². The molecular weight excluding hydrogens is 331 g/mol. The molecule has 3 heterocycles. The van der Waals surface area contributed by atoms with Gasteiger partial charge < -0.3 is 14.2 Å². The zero-order valence-electron chi connectivity index (χ0n) is 13.2. The molecule has 0 saturated heterocycles. The second-order valence-electron chi connectivity index (χ2n) is 5.75. The average molecular weight is 346 g/mol. The van der Waals surface area contributed by atoms with Crippen LogP contribution in [0, 0.1) is 5.82 Å². The molecule has 0 fully saturated rings. The molecule has 2 aliphatic heterocycles. The first-order valence-electron chi connectivity index (χ1n) is 7.49. The van der Waals surface area contributed by atoms with Gasteiger partial charge in [0.05, 0.1) is 17.0 Å². The fraction of sp³-hybridized carbons (Fsp3) is 0.278. The van der Waals surface area contributed by atoms with Crippen LogP contribution < -0.4 is 4.74 Å². The second-order valence-corrected chi connectivity index (χ2v) is 6.70. The summed E-state index contributed by atoms with van der Waals surface area (Å²) in [7, 11) is 1.47. The maximum Gasteiger partial charge on any atom is 0.287 e. The number of hydrogen-bond acceptors (Lipinski definition) is 5. The maximum absolute atomic E-state index is 13.7. The molecule has 0 bridgehead atoms. The van der Waals surface area contributed by atoms with E-state index in [0.717, 1.165) is 5.57 Å². The van der Waals surface area contributed by atoms with Crippen LogP contribution in [-0.2, 0) is 15.3 Å². The van der Waals surface area contributed by atoms with E-state index in [9.17, 15) is 9.18 Å². The molecule has 124 valence electrons. The Hall–Kier alpha value is -2.02. The first kappa shape index (κ1) is 15.5. The Bertz CT molecular complexity index is 845. The van der Waals surface area contributed by atoms with Crippen molar-refractivity contribution in [2.24, 2.45) is 0 Å². The van der Waals surface area contributed by atoms with Gasteiger partial charge in [-0.3, -0.25) is 4.79 Å². The molecule has 4 nitrogen and oxygen atoms in total. The molecule has 0 amide bonds. The monoisotopic (exact) mass is 346 g/mol. The van der Waals surface area contributed by atoms with Crippen molar-refractivity contribution in [3.63, 3.8) is 0 Å². The summed E-state index contributed by atoms with van der Waals surface area (Å²) >= 11 is 1.39. The highest BCUT2D eigenvalue weighted by Crippen LogP contribution is 2.54. The van der Waals surface area contributed by atoms with Crippen LogP contribution in [0.1, 0.15) is 22.2 Å². The standard InChI is InChI=1S/C18H15FO4S/c1-11-7-8-22-17(11)16(20)13-6-5-12(19)10-14(13)23-18(17,21-2)15-4-3-9-24-15/h3-7,9-10H,8H2,1-2H3. The zero-order valence-corrected chi connectivity index (χ0v) is 14.0. The molecule has 2 aromatic rings. The van der Waals surface area contributed by atoms with Crippen molar-refractivity contribution >= 4 is 17.1 Å². The predicted molar refractivity (Wildman–Crippen MR) is 86.8 cm³/mol. The van der Waals surface area contributed by atoms with Crippen molar-refractivity contribution in [1.29, 1.82) is 0 Å². The largest absolute Gasteiger partial charge is 0.452 e. The molecule has 2 aliphatic rings. The number of rotatable bonds is 2. The Labute approximate surface area is 142 Å². The summed E-state index contributed by atoms with van der Waals surface area (Å²) in [5, 5.41) is 1.87. The minimum absolute atomic E-state index is 0.157. The Morgan fingerprint density at radius 1 is 1.33 bits per heavy atom. The number of benzene rings is 1. The minimum Gasteiger partial charge on any atom is -0.452 e. The number of carbonyl (C=O) groups excluding carboxylic acids is 1. The van der Waals surface area contributed by atoms with Gasteiger partial charge >= 0.3 is 0 Å². The van der Waals surface area contributed by atoms with Gasteiger partial charge in [-0.05, 0) is 36.1 Å². The van der Waals surface area contributed by atoms with Gasteiger partial charge in [0, 0.05) is 13.2 Å². The lowest BCUT2D eigenvalue weighted by Crippen LogP contribution is -2.64. The van der Waals surface area contributed by atoms with E-state index in [4.69, 9.17) is 14.2 Å². The highest BCUT2D eigenvalue weighted by Gasteiger charge is 2.67. The Morgan fingerprint density at radius 2 is 2.17 bits per heavy atom. The van der Waals surface area contributed by atoms with E-state index >= 15 is 0 Å². The lowest BCUT2D eigenvalue weighted by atomic mass is 9.76. The van der Waals surface area contributed by atoms with Crippen molar-refractivity contribution in [1.82, 2.24) is 0 Å². The number of methoxy groups -OCH3 is 1. The summed E-state index contributed by atoms with van der Waals surface area (Å²) in [6.07, 6.45) is 1.84. The number of ether oxygens (including phenoxy) is 3. The van der Waals surface area contributed by atoms with Crippen LogP contribution in [0.3, 0.4) is 0 Å². The van der Waals surface area contributed by atoms with Crippen LogP contribution in [0.25, 0.3) is 0 Å². The predicted octanol–water partition coefficient (Wildman–Crippen LogP) is 3.68. The highest BCUT2D eigenvalue weighted by molar-refractivity contribution is 7.10. The summed E-state index contributed by atoms with van der Waals surface area (Å²) in [6.45, 7) is 2.11. The van der Waals surface area contributed by atoms with Gasteiger partial charge in [-0.15, -0.1) is 11.3 Å². The molecule has 0 aliphatic carbocycles. The molecule has 2 unspecified atom stereocenters. The third-order valence-electron chi connectivity index (χ3n) is 4.60. The number of Topliss-reactive ketones (excluding diaryl/α,β-unsaturated/α-hetero) is 1.